The maximum atomic E-state index is 11.2. The second-order valence-corrected chi connectivity index (χ2v) is 5.88. The topological polar surface area (TPSA) is 69.4 Å². The molecule has 0 heterocycles. The summed E-state index contributed by atoms with van der Waals surface area (Å²) in [6.45, 7) is 11.2. The summed E-state index contributed by atoms with van der Waals surface area (Å²) in [5.41, 5.74) is 6.23. The van der Waals surface area contributed by atoms with Crippen molar-refractivity contribution in [1.82, 2.24) is 0 Å². The molecule has 0 atom stereocenters. The molecule has 0 unspecified atom stereocenters. The van der Waals surface area contributed by atoms with E-state index in [0.717, 1.165) is 30.9 Å². The molecule has 0 bridgehead atoms. The van der Waals surface area contributed by atoms with Gasteiger partial charge in [0.2, 0.25) is 5.91 Å². The van der Waals surface area contributed by atoms with Gasteiger partial charge in [0.1, 0.15) is 6.61 Å². The summed E-state index contributed by atoms with van der Waals surface area (Å²) in [6, 6.07) is 0. The van der Waals surface area contributed by atoms with Crippen molar-refractivity contribution in [2.75, 3.05) is 6.61 Å². The zero-order valence-corrected chi connectivity index (χ0v) is 16.2. The molecule has 0 aliphatic carbocycles. The number of hydrogen-bond acceptors (Lipinski definition) is 3. The number of allylic oxidation sites excluding steroid dienone is 1. The van der Waals surface area contributed by atoms with E-state index >= 15 is 0 Å². The van der Waals surface area contributed by atoms with Crippen molar-refractivity contribution in [1.29, 1.82) is 0 Å². The van der Waals surface area contributed by atoms with Crippen LogP contribution in [-0.4, -0.2) is 18.5 Å². The van der Waals surface area contributed by atoms with Gasteiger partial charge in [-0.05, 0) is 25.7 Å². The van der Waals surface area contributed by atoms with Crippen LogP contribution in [0.25, 0.3) is 0 Å². The minimum absolute atomic E-state index is 0.225. The van der Waals surface area contributed by atoms with Crippen LogP contribution in [0, 0.1) is 0 Å². The Hall–Kier alpha value is -1.84. The molecule has 0 rings (SSSR count). The summed E-state index contributed by atoms with van der Waals surface area (Å²) < 4.78 is 4.47. The lowest BCUT2D eigenvalue weighted by molar-refractivity contribution is -0.136. The monoisotopic (exact) mass is 351 g/mol. The van der Waals surface area contributed by atoms with Crippen molar-refractivity contribution in [3.63, 3.8) is 0 Å². The molecule has 0 saturated heterocycles. The lowest BCUT2D eigenvalue weighted by atomic mass is 10.0. The number of carbonyl (C=O) groups excluding carboxylic acids is 2. The van der Waals surface area contributed by atoms with Crippen LogP contribution in [0.5, 0.6) is 0 Å². The van der Waals surface area contributed by atoms with E-state index in [-0.39, 0.29) is 12.5 Å². The third-order valence-electron chi connectivity index (χ3n) is 3.57. The number of primary amides is 1. The highest BCUT2D eigenvalue weighted by Gasteiger charge is 2.03. The average Bonchev–Trinajstić information content (AvgIpc) is 2.61. The van der Waals surface area contributed by atoms with Crippen LogP contribution in [-0.2, 0) is 14.3 Å². The lowest BCUT2D eigenvalue weighted by Crippen LogP contribution is -2.14. The number of carbonyl (C=O) groups is 2. The largest absolute Gasteiger partial charge is 0.458 e. The number of hydrogen-bond donors (Lipinski definition) is 1. The van der Waals surface area contributed by atoms with E-state index in [9.17, 15) is 9.59 Å². The molecule has 0 radical (unpaired) electrons. The lowest BCUT2D eigenvalue weighted by Gasteiger charge is -2.03. The summed E-state index contributed by atoms with van der Waals surface area (Å²) in [5.74, 6) is -0.637. The van der Waals surface area contributed by atoms with E-state index in [1.165, 1.54) is 51.0 Å². The Kier molecular flexibility index (Phi) is 20.5. The molecule has 0 fully saturated rings. The fraction of sp³-hybridized carbons (Fsp3) is 0.619. The van der Waals surface area contributed by atoms with Gasteiger partial charge < -0.3 is 10.5 Å². The van der Waals surface area contributed by atoms with E-state index in [1.807, 2.05) is 0 Å². The summed E-state index contributed by atoms with van der Waals surface area (Å²) >= 11 is 0. The molecule has 0 saturated carbocycles. The SMILES string of the molecule is C=CCOC(=O)C=C.CCCCCC/C=C(/CCCCCC)C(N)=O. The molecular formula is C21H37NO3. The smallest absolute Gasteiger partial charge is 0.330 e. The molecule has 144 valence electrons. The van der Waals surface area contributed by atoms with Crippen molar-refractivity contribution in [3.05, 3.63) is 37.0 Å². The molecule has 0 aliphatic rings. The molecule has 4 nitrogen and oxygen atoms in total. The van der Waals surface area contributed by atoms with Gasteiger partial charge >= 0.3 is 5.97 Å². The highest BCUT2D eigenvalue weighted by atomic mass is 16.5. The van der Waals surface area contributed by atoms with E-state index in [4.69, 9.17) is 5.73 Å². The molecule has 4 heteroatoms. The predicted molar refractivity (Wildman–Crippen MR) is 106 cm³/mol. The Balaban J connectivity index is 0. The Morgan fingerprint density at radius 3 is 2.04 bits per heavy atom. The molecule has 0 aromatic carbocycles. The molecular weight excluding hydrogens is 314 g/mol. The van der Waals surface area contributed by atoms with Gasteiger partial charge in [-0.15, -0.1) is 0 Å². The third kappa shape index (κ3) is 20.1. The number of rotatable bonds is 14. The molecule has 0 aromatic heterocycles. The number of esters is 1. The third-order valence-corrected chi connectivity index (χ3v) is 3.57. The van der Waals surface area contributed by atoms with Crippen LogP contribution < -0.4 is 5.73 Å². The molecule has 0 aromatic rings. The first-order valence-corrected chi connectivity index (χ1v) is 9.42. The number of unbranched alkanes of at least 4 members (excludes halogenated alkanes) is 7. The van der Waals surface area contributed by atoms with Gasteiger partial charge in [-0.2, -0.15) is 0 Å². The fourth-order valence-electron chi connectivity index (χ4n) is 2.12. The van der Waals surface area contributed by atoms with E-state index in [0.29, 0.717) is 0 Å². The van der Waals surface area contributed by atoms with E-state index in [1.54, 1.807) is 0 Å². The van der Waals surface area contributed by atoms with Crippen molar-refractivity contribution in [3.8, 4) is 0 Å². The molecule has 1 amide bonds. The van der Waals surface area contributed by atoms with Gasteiger partial charge in [0.25, 0.3) is 0 Å². The quantitative estimate of drug-likeness (QED) is 0.201. The van der Waals surface area contributed by atoms with Crippen LogP contribution in [0.3, 0.4) is 0 Å². The summed E-state index contributed by atoms with van der Waals surface area (Å²) in [4.78, 5) is 21.4. The van der Waals surface area contributed by atoms with Gasteiger partial charge in [0.05, 0.1) is 0 Å². The summed E-state index contributed by atoms with van der Waals surface area (Å²) in [5, 5.41) is 0. The zero-order valence-electron chi connectivity index (χ0n) is 16.2. The Morgan fingerprint density at radius 1 is 0.960 bits per heavy atom. The van der Waals surface area contributed by atoms with Gasteiger partial charge in [-0.1, -0.05) is 77.7 Å². The minimum atomic E-state index is -0.412. The second-order valence-electron chi connectivity index (χ2n) is 5.88. The van der Waals surface area contributed by atoms with Gasteiger partial charge in [-0.3, -0.25) is 4.79 Å². The first-order chi connectivity index (χ1) is 12.0. The Morgan fingerprint density at radius 2 is 1.56 bits per heavy atom. The number of amides is 1. The van der Waals surface area contributed by atoms with E-state index < -0.39 is 5.97 Å². The maximum Gasteiger partial charge on any atom is 0.330 e. The molecule has 2 N–H and O–H groups in total. The zero-order chi connectivity index (χ0) is 19.3. The number of ether oxygens (including phenoxy) is 1. The Labute approximate surface area is 154 Å². The van der Waals surface area contributed by atoms with Crippen LogP contribution in [0.15, 0.2) is 37.0 Å². The minimum Gasteiger partial charge on any atom is -0.458 e. The Bertz CT molecular complexity index is 400. The van der Waals surface area contributed by atoms with Gasteiger partial charge in [-0.25, -0.2) is 4.79 Å². The maximum absolute atomic E-state index is 11.2. The van der Waals surface area contributed by atoms with Crippen LogP contribution in [0.1, 0.15) is 78.1 Å². The normalized spacial score (nSPS) is 10.4. The van der Waals surface area contributed by atoms with Gasteiger partial charge in [0, 0.05) is 11.6 Å². The molecule has 0 aliphatic heterocycles. The first kappa shape index (κ1) is 25.4. The molecule has 25 heavy (non-hydrogen) atoms. The molecule has 0 spiro atoms. The van der Waals surface area contributed by atoms with Gasteiger partial charge in [0.15, 0.2) is 0 Å². The summed E-state index contributed by atoms with van der Waals surface area (Å²) in [7, 11) is 0. The average molecular weight is 352 g/mol. The highest BCUT2D eigenvalue weighted by Crippen LogP contribution is 2.12. The van der Waals surface area contributed by atoms with Crippen LogP contribution in [0.4, 0.5) is 0 Å². The van der Waals surface area contributed by atoms with Crippen molar-refractivity contribution < 1.29 is 14.3 Å². The highest BCUT2D eigenvalue weighted by molar-refractivity contribution is 5.91. The van der Waals surface area contributed by atoms with E-state index in [2.05, 4.69) is 37.8 Å². The number of nitrogens with two attached hydrogens (primary N) is 1. The fourth-order valence-corrected chi connectivity index (χ4v) is 2.12. The van der Waals surface area contributed by atoms with Crippen LogP contribution in [0.2, 0.25) is 0 Å². The van der Waals surface area contributed by atoms with Crippen molar-refractivity contribution in [2.24, 2.45) is 5.73 Å². The van der Waals surface area contributed by atoms with Crippen molar-refractivity contribution >= 4 is 11.9 Å². The van der Waals surface area contributed by atoms with Crippen molar-refractivity contribution in [2.45, 2.75) is 78.1 Å². The second kappa shape index (κ2) is 20.2. The standard InChI is InChI=1S/C15H29NO.C6H8O2/c1-3-5-7-9-11-13-14(15(16)17)12-10-8-6-4-2;1-3-5-8-6(7)4-2/h13H,3-12H2,1-2H3,(H2,16,17);3-4H,1-2,5H2/b14-13-;. The van der Waals surface area contributed by atoms with Crippen LogP contribution >= 0.6 is 0 Å². The summed E-state index contributed by atoms with van der Waals surface area (Å²) in [6.07, 6.45) is 16.3. The first-order valence-electron chi connectivity index (χ1n) is 9.42. The predicted octanol–water partition coefficient (Wildman–Crippen LogP) is 5.24.